The Balaban J connectivity index is 2.06. The number of thiophene rings is 1. The van der Waals surface area contributed by atoms with E-state index in [1.807, 2.05) is 11.3 Å². The molecule has 0 fully saturated rings. The lowest BCUT2D eigenvalue weighted by Gasteiger charge is -2.18. The van der Waals surface area contributed by atoms with Gasteiger partial charge in [0.25, 0.3) is 0 Å². The standard InChI is InChI=1S/C15H22N2S2/c1-6-13-7-8-14(19-13)9(2)16-10(3)15-11(4)17-12(5)18-15/h7-10,16H,6H2,1-5H3. The topological polar surface area (TPSA) is 24.9 Å². The SMILES string of the molecule is CCc1ccc(C(C)NC(C)c2sc(C)nc2C)s1. The van der Waals surface area contributed by atoms with E-state index in [2.05, 4.69) is 57.1 Å². The maximum Gasteiger partial charge on any atom is 0.0900 e. The molecule has 0 amide bonds. The highest BCUT2D eigenvalue weighted by atomic mass is 32.1. The van der Waals surface area contributed by atoms with Gasteiger partial charge < -0.3 is 5.32 Å². The van der Waals surface area contributed by atoms with Crippen LogP contribution in [-0.4, -0.2) is 4.98 Å². The first kappa shape index (κ1) is 14.7. The van der Waals surface area contributed by atoms with Crippen molar-refractivity contribution in [1.82, 2.24) is 10.3 Å². The van der Waals surface area contributed by atoms with E-state index in [1.54, 1.807) is 11.3 Å². The Bertz CT molecular complexity index is 542. The molecule has 4 heteroatoms. The number of nitrogens with zero attached hydrogens (tertiary/aromatic N) is 1. The molecule has 0 radical (unpaired) electrons. The van der Waals surface area contributed by atoms with E-state index in [-0.39, 0.29) is 0 Å². The van der Waals surface area contributed by atoms with Crippen molar-refractivity contribution in [2.75, 3.05) is 0 Å². The summed E-state index contributed by atoms with van der Waals surface area (Å²) < 4.78 is 0. The number of nitrogens with one attached hydrogen (secondary N) is 1. The van der Waals surface area contributed by atoms with Crippen LogP contribution in [0.3, 0.4) is 0 Å². The molecule has 0 aliphatic rings. The molecule has 0 aliphatic carbocycles. The second kappa shape index (κ2) is 6.16. The van der Waals surface area contributed by atoms with Gasteiger partial charge in [0.1, 0.15) is 0 Å². The van der Waals surface area contributed by atoms with E-state index in [0.717, 1.165) is 17.1 Å². The molecule has 19 heavy (non-hydrogen) atoms. The predicted octanol–water partition coefficient (Wildman–Crippen LogP) is 4.80. The number of aryl methyl sites for hydroxylation is 3. The van der Waals surface area contributed by atoms with E-state index in [9.17, 15) is 0 Å². The molecule has 0 bridgehead atoms. The molecular weight excluding hydrogens is 272 g/mol. The van der Waals surface area contributed by atoms with E-state index in [1.165, 1.54) is 14.6 Å². The van der Waals surface area contributed by atoms with Gasteiger partial charge >= 0.3 is 0 Å². The van der Waals surface area contributed by atoms with Crippen LogP contribution in [0.15, 0.2) is 12.1 Å². The van der Waals surface area contributed by atoms with Crippen molar-refractivity contribution in [3.63, 3.8) is 0 Å². The Morgan fingerprint density at radius 3 is 2.42 bits per heavy atom. The van der Waals surface area contributed by atoms with Crippen molar-refractivity contribution >= 4 is 22.7 Å². The molecule has 0 aliphatic heterocycles. The first-order chi connectivity index (χ1) is 9.01. The highest BCUT2D eigenvalue weighted by Gasteiger charge is 2.16. The van der Waals surface area contributed by atoms with Crippen molar-refractivity contribution in [2.45, 2.75) is 53.1 Å². The smallest absolute Gasteiger partial charge is 0.0900 e. The van der Waals surface area contributed by atoms with Gasteiger partial charge in [-0.15, -0.1) is 22.7 Å². The molecule has 2 unspecified atom stereocenters. The van der Waals surface area contributed by atoms with Crippen LogP contribution >= 0.6 is 22.7 Å². The first-order valence-electron chi connectivity index (χ1n) is 6.79. The predicted molar refractivity (Wildman–Crippen MR) is 85.3 cm³/mol. The summed E-state index contributed by atoms with van der Waals surface area (Å²) in [5, 5.41) is 4.84. The quantitative estimate of drug-likeness (QED) is 0.857. The van der Waals surface area contributed by atoms with Crippen LogP contribution in [0, 0.1) is 13.8 Å². The monoisotopic (exact) mass is 294 g/mol. The summed E-state index contributed by atoms with van der Waals surface area (Å²) in [5.74, 6) is 0. The largest absolute Gasteiger partial charge is 0.302 e. The summed E-state index contributed by atoms with van der Waals surface area (Å²) in [5.41, 5.74) is 1.16. The van der Waals surface area contributed by atoms with Gasteiger partial charge in [-0.2, -0.15) is 0 Å². The van der Waals surface area contributed by atoms with E-state index < -0.39 is 0 Å². The maximum absolute atomic E-state index is 4.51. The summed E-state index contributed by atoms with van der Waals surface area (Å²) in [4.78, 5) is 8.75. The molecule has 2 rings (SSSR count). The minimum Gasteiger partial charge on any atom is -0.302 e. The first-order valence-corrected chi connectivity index (χ1v) is 8.43. The van der Waals surface area contributed by atoms with Crippen LogP contribution in [0.2, 0.25) is 0 Å². The lowest BCUT2D eigenvalue weighted by Crippen LogP contribution is -2.21. The third kappa shape index (κ3) is 3.44. The third-order valence-electron chi connectivity index (χ3n) is 3.29. The Labute approximate surface area is 123 Å². The van der Waals surface area contributed by atoms with Gasteiger partial charge in [-0.1, -0.05) is 6.92 Å². The fraction of sp³-hybridized carbons (Fsp3) is 0.533. The van der Waals surface area contributed by atoms with Gasteiger partial charge in [0.15, 0.2) is 0 Å². The van der Waals surface area contributed by atoms with Gasteiger partial charge in [0, 0.05) is 26.7 Å². The normalized spacial score (nSPS) is 14.6. The number of thiazole rings is 1. The lowest BCUT2D eigenvalue weighted by atomic mass is 10.2. The van der Waals surface area contributed by atoms with Crippen LogP contribution in [0.4, 0.5) is 0 Å². The van der Waals surface area contributed by atoms with Crippen LogP contribution in [0.1, 0.15) is 58.2 Å². The minimum absolute atomic E-state index is 0.355. The summed E-state index contributed by atoms with van der Waals surface area (Å²) >= 11 is 3.71. The summed E-state index contributed by atoms with van der Waals surface area (Å²) in [6, 6.07) is 5.24. The van der Waals surface area contributed by atoms with Gasteiger partial charge in [0.2, 0.25) is 0 Å². The summed E-state index contributed by atoms with van der Waals surface area (Å²) in [6.45, 7) is 10.8. The molecule has 0 spiro atoms. The number of aromatic nitrogens is 1. The molecule has 1 N–H and O–H groups in total. The van der Waals surface area contributed by atoms with Crippen LogP contribution in [0.25, 0.3) is 0 Å². The zero-order valence-electron chi connectivity index (χ0n) is 12.3. The van der Waals surface area contributed by atoms with E-state index in [0.29, 0.717) is 12.1 Å². The van der Waals surface area contributed by atoms with Gasteiger partial charge in [-0.05, 0) is 46.2 Å². The average molecular weight is 294 g/mol. The van der Waals surface area contributed by atoms with Crippen molar-refractivity contribution in [2.24, 2.45) is 0 Å². The average Bonchev–Trinajstić information content (AvgIpc) is 2.95. The van der Waals surface area contributed by atoms with Crippen molar-refractivity contribution < 1.29 is 0 Å². The van der Waals surface area contributed by atoms with Crippen molar-refractivity contribution in [3.05, 3.63) is 37.5 Å². The lowest BCUT2D eigenvalue weighted by molar-refractivity contribution is 0.503. The summed E-state index contributed by atoms with van der Waals surface area (Å²) in [7, 11) is 0. The van der Waals surface area contributed by atoms with E-state index >= 15 is 0 Å². The van der Waals surface area contributed by atoms with Gasteiger partial charge in [-0.3, -0.25) is 0 Å². The highest BCUT2D eigenvalue weighted by Crippen LogP contribution is 2.29. The Hall–Kier alpha value is -0.710. The molecule has 2 atom stereocenters. The fourth-order valence-electron chi connectivity index (χ4n) is 2.30. The number of rotatable bonds is 5. The molecule has 0 aromatic carbocycles. The molecule has 2 aromatic rings. The van der Waals surface area contributed by atoms with Crippen LogP contribution in [0.5, 0.6) is 0 Å². The highest BCUT2D eigenvalue weighted by molar-refractivity contribution is 7.12. The van der Waals surface area contributed by atoms with Crippen molar-refractivity contribution in [3.8, 4) is 0 Å². The molecular formula is C15H22N2S2. The van der Waals surface area contributed by atoms with Crippen LogP contribution < -0.4 is 5.32 Å². The second-order valence-corrected chi connectivity index (χ2v) is 7.38. The Morgan fingerprint density at radius 1 is 1.16 bits per heavy atom. The Kier molecular flexibility index (Phi) is 4.76. The maximum atomic E-state index is 4.51. The van der Waals surface area contributed by atoms with Crippen molar-refractivity contribution in [1.29, 1.82) is 0 Å². The van der Waals surface area contributed by atoms with Gasteiger partial charge in [0.05, 0.1) is 10.7 Å². The second-order valence-electron chi connectivity index (χ2n) is 4.95. The molecule has 0 saturated carbocycles. The zero-order chi connectivity index (χ0) is 14.0. The van der Waals surface area contributed by atoms with E-state index in [4.69, 9.17) is 0 Å². The number of hydrogen-bond acceptors (Lipinski definition) is 4. The molecule has 0 saturated heterocycles. The molecule has 2 nitrogen and oxygen atoms in total. The summed E-state index contributed by atoms with van der Waals surface area (Å²) in [6.07, 6.45) is 1.13. The minimum atomic E-state index is 0.355. The zero-order valence-corrected chi connectivity index (χ0v) is 13.9. The molecule has 2 heterocycles. The third-order valence-corrected chi connectivity index (χ3v) is 5.96. The van der Waals surface area contributed by atoms with Gasteiger partial charge in [-0.25, -0.2) is 4.98 Å². The number of hydrogen-bond donors (Lipinski definition) is 1. The van der Waals surface area contributed by atoms with Crippen LogP contribution in [-0.2, 0) is 6.42 Å². The molecule has 2 aromatic heterocycles. The Morgan fingerprint density at radius 2 is 1.89 bits per heavy atom. The molecule has 104 valence electrons. The fourth-order valence-corrected chi connectivity index (χ4v) is 4.20.